The van der Waals surface area contributed by atoms with Crippen LogP contribution in [0.5, 0.6) is 0 Å². The van der Waals surface area contributed by atoms with Gasteiger partial charge in [-0.2, -0.15) is 5.10 Å². The van der Waals surface area contributed by atoms with Gasteiger partial charge in [-0.05, 0) is 24.6 Å². The van der Waals surface area contributed by atoms with Crippen LogP contribution < -0.4 is 0 Å². The molecule has 0 saturated heterocycles. The number of hydrogen-bond donors (Lipinski definition) is 1. The smallest absolute Gasteiger partial charge is 0.254 e. The van der Waals surface area contributed by atoms with Crippen LogP contribution >= 0.6 is 0 Å². The molecular formula is C21H23N3O2. The van der Waals surface area contributed by atoms with Crippen molar-refractivity contribution in [2.24, 2.45) is 0 Å². The number of hydrogen-bond acceptors (Lipinski definition) is 3. The third-order valence-electron chi connectivity index (χ3n) is 4.17. The molecule has 3 rings (SSSR count). The van der Waals surface area contributed by atoms with Gasteiger partial charge in [-0.15, -0.1) is 0 Å². The average molecular weight is 349 g/mol. The van der Waals surface area contributed by atoms with Gasteiger partial charge in [0, 0.05) is 30.4 Å². The molecule has 0 fully saturated rings. The van der Waals surface area contributed by atoms with E-state index in [1.807, 2.05) is 54.2 Å². The minimum atomic E-state index is -0.0847. The molecule has 0 unspecified atom stereocenters. The van der Waals surface area contributed by atoms with Crippen molar-refractivity contribution in [1.29, 1.82) is 0 Å². The van der Waals surface area contributed by atoms with Crippen molar-refractivity contribution >= 4 is 5.91 Å². The largest absolute Gasteiger partial charge is 0.395 e. The van der Waals surface area contributed by atoms with Gasteiger partial charge in [-0.25, -0.2) is 0 Å². The maximum atomic E-state index is 12.8. The summed E-state index contributed by atoms with van der Waals surface area (Å²) in [5, 5.41) is 13.7. The Morgan fingerprint density at radius 3 is 2.65 bits per heavy atom. The first-order valence-electron chi connectivity index (χ1n) is 8.68. The molecule has 26 heavy (non-hydrogen) atoms. The zero-order valence-electron chi connectivity index (χ0n) is 14.9. The van der Waals surface area contributed by atoms with E-state index >= 15 is 0 Å². The zero-order chi connectivity index (χ0) is 18.4. The second kappa shape index (κ2) is 8.45. The van der Waals surface area contributed by atoms with Crippen LogP contribution in [0.15, 0.2) is 67.0 Å². The van der Waals surface area contributed by atoms with Crippen LogP contribution in [0.3, 0.4) is 0 Å². The molecule has 0 atom stereocenters. The number of carbonyl (C=O) groups excluding carboxylic acids is 1. The van der Waals surface area contributed by atoms with E-state index in [1.165, 1.54) is 5.56 Å². The first kappa shape index (κ1) is 17.9. The van der Waals surface area contributed by atoms with Crippen LogP contribution in [-0.2, 0) is 13.1 Å². The Morgan fingerprint density at radius 1 is 1.12 bits per heavy atom. The molecule has 0 radical (unpaired) electrons. The lowest BCUT2D eigenvalue weighted by Crippen LogP contribution is -2.33. The molecular weight excluding hydrogens is 326 g/mol. The highest BCUT2D eigenvalue weighted by Crippen LogP contribution is 2.12. The summed E-state index contributed by atoms with van der Waals surface area (Å²) in [6.07, 6.45) is 3.72. The molecule has 0 aliphatic rings. The number of aryl methyl sites for hydroxylation is 1. The van der Waals surface area contributed by atoms with E-state index in [-0.39, 0.29) is 19.1 Å². The topological polar surface area (TPSA) is 58.4 Å². The highest BCUT2D eigenvalue weighted by atomic mass is 16.3. The third-order valence-corrected chi connectivity index (χ3v) is 4.17. The molecule has 5 heteroatoms. The minimum absolute atomic E-state index is 0.0737. The predicted octanol–water partition coefficient (Wildman–Crippen LogP) is 2.87. The first-order chi connectivity index (χ1) is 12.7. The molecule has 1 heterocycles. The molecule has 0 bridgehead atoms. The monoisotopic (exact) mass is 349 g/mol. The SMILES string of the molecule is Cc1cccc(C(=O)N(CCO)Cc2cnn(Cc3ccccc3)c2)c1. The number of benzene rings is 2. The number of aliphatic hydroxyl groups is 1. The third kappa shape index (κ3) is 4.58. The van der Waals surface area contributed by atoms with Crippen molar-refractivity contribution in [3.8, 4) is 0 Å². The molecule has 0 spiro atoms. The van der Waals surface area contributed by atoms with Gasteiger partial charge in [0.2, 0.25) is 0 Å². The number of amides is 1. The summed E-state index contributed by atoms with van der Waals surface area (Å²) < 4.78 is 1.86. The van der Waals surface area contributed by atoms with Gasteiger partial charge >= 0.3 is 0 Å². The van der Waals surface area contributed by atoms with Gasteiger partial charge in [0.25, 0.3) is 5.91 Å². The Hall–Kier alpha value is -2.92. The number of carbonyl (C=O) groups is 1. The van der Waals surface area contributed by atoms with Crippen LogP contribution in [0.25, 0.3) is 0 Å². The zero-order valence-corrected chi connectivity index (χ0v) is 14.9. The molecule has 5 nitrogen and oxygen atoms in total. The number of aliphatic hydroxyl groups excluding tert-OH is 1. The van der Waals surface area contributed by atoms with E-state index in [9.17, 15) is 9.90 Å². The maximum absolute atomic E-state index is 12.8. The van der Waals surface area contributed by atoms with Crippen molar-refractivity contribution in [2.45, 2.75) is 20.0 Å². The molecule has 1 N–H and O–H groups in total. The standard InChI is InChI=1S/C21H23N3O2/c1-17-6-5-9-20(12-17)21(26)23(10-11-25)14-19-13-22-24(16-19)15-18-7-3-2-4-8-18/h2-9,12-13,16,25H,10-11,14-15H2,1H3. The van der Waals surface area contributed by atoms with E-state index in [0.29, 0.717) is 18.7 Å². The van der Waals surface area contributed by atoms with Gasteiger partial charge < -0.3 is 10.0 Å². The molecule has 2 aromatic carbocycles. The van der Waals surface area contributed by atoms with Crippen LogP contribution in [0.2, 0.25) is 0 Å². The van der Waals surface area contributed by atoms with Gasteiger partial charge in [0.1, 0.15) is 0 Å². The van der Waals surface area contributed by atoms with Crippen molar-refractivity contribution < 1.29 is 9.90 Å². The number of rotatable bonds is 7. The lowest BCUT2D eigenvalue weighted by molar-refractivity contribution is 0.0707. The van der Waals surface area contributed by atoms with E-state index in [4.69, 9.17) is 0 Å². The molecule has 1 aromatic heterocycles. The number of aromatic nitrogens is 2. The van der Waals surface area contributed by atoms with E-state index < -0.39 is 0 Å². The van der Waals surface area contributed by atoms with Crippen LogP contribution in [0.1, 0.15) is 27.0 Å². The Morgan fingerprint density at radius 2 is 1.92 bits per heavy atom. The van der Waals surface area contributed by atoms with Crippen LogP contribution in [-0.4, -0.2) is 38.8 Å². The molecule has 0 saturated carbocycles. The van der Waals surface area contributed by atoms with Crippen LogP contribution in [0.4, 0.5) is 0 Å². The van der Waals surface area contributed by atoms with Crippen molar-refractivity contribution in [3.63, 3.8) is 0 Å². The Labute approximate surface area is 153 Å². The number of nitrogens with zero attached hydrogens (tertiary/aromatic N) is 3. The highest BCUT2D eigenvalue weighted by Gasteiger charge is 2.16. The van der Waals surface area contributed by atoms with Gasteiger partial charge in [0.15, 0.2) is 0 Å². The van der Waals surface area contributed by atoms with E-state index in [0.717, 1.165) is 11.1 Å². The first-order valence-corrected chi connectivity index (χ1v) is 8.68. The summed E-state index contributed by atoms with van der Waals surface area (Å²) in [5.41, 5.74) is 3.78. The van der Waals surface area contributed by atoms with Gasteiger partial charge in [-0.3, -0.25) is 9.48 Å². The second-order valence-corrected chi connectivity index (χ2v) is 6.35. The fourth-order valence-electron chi connectivity index (χ4n) is 2.90. The van der Waals surface area contributed by atoms with Crippen molar-refractivity contribution in [1.82, 2.24) is 14.7 Å². The highest BCUT2D eigenvalue weighted by molar-refractivity contribution is 5.94. The lowest BCUT2D eigenvalue weighted by atomic mass is 10.1. The summed E-state index contributed by atoms with van der Waals surface area (Å²) in [6, 6.07) is 17.6. The molecule has 0 aliphatic carbocycles. The van der Waals surface area contributed by atoms with Gasteiger partial charge in [-0.1, -0.05) is 48.0 Å². The molecule has 134 valence electrons. The normalized spacial score (nSPS) is 10.7. The average Bonchev–Trinajstić information content (AvgIpc) is 3.08. The lowest BCUT2D eigenvalue weighted by Gasteiger charge is -2.21. The summed E-state index contributed by atoms with van der Waals surface area (Å²) in [6.45, 7) is 3.28. The fraction of sp³-hybridized carbons (Fsp3) is 0.238. The summed E-state index contributed by atoms with van der Waals surface area (Å²) in [5.74, 6) is -0.0847. The van der Waals surface area contributed by atoms with Crippen LogP contribution in [0, 0.1) is 6.92 Å². The Bertz CT molecular complexity index is 858. The molecule has 0 aliphatic heterocycles. The second-order valence-electron chi connectivity index (χ2n) is 6.35. The molecule has 3 aromatic rings. The summed E-state index contributed by atoms with van der Waals surface area (Å²) in [4.78, 5) is 14.4. The maximum Gasteiger partial charge on any atom is 0.254 e. The fourth-order valence-corrected chi connectivity index (χ4v) is 2.90. The van der Waals surface area contributed by atoms with E-state index in [1.54, 1.807) is 17.2 Å². The summed E-state index contributed by atoms with van der Waals surface area (Å²) in [7, 11) is 0. The minimum Gasteiger partial charge on any atom is -0.395 e. The Kier molecular flexibility index (Phi) is 5.81. The molecule has 1 amide bonds. The predicted molar refractivity (Wildman–Crippen MR) is 101 cm³/mol. The van der Waals surface area contributed by atoms with Crippen molar-refractivity contribution in [3.05, 3.63) is 89.2 Å². The Balaban J connectivity index is 1.71. The summed E-state index contributed by atoms with van der Waals surface area (Å²) >= 11 is 0. The van der Waals surface area contributed by atoms with E-state index in [2.05, 4.69) is 17.2 Å². The van der Waals surface area contributed by atoms with Gasteiger partial charge in [0.05, 0.1) is 19.3 Å². The quantitative estimate of drug-likeness (QED) is 0.713. The van der Waals surface area contributed by atoms with Crippen molar-refractivity contribution in [2.75, 3.05) is 13.2 Å².